The average molecular weight is 188 g/mol. The van der Waals surface area contributed by atoms with E-state index in [-0.39, 0.29) is 6.10 Å². The van der Waals surface area contributed by atoms with Crippen LogP contribution in [0.3, 0.4) is 0 Å². The zero-order chi connectivity index (χ0) is 10.3. The van der Waals surface area contributed by atoms with Crippen molar-refractivity contribution in [2.75, 3.05) is 19.6 Å². The second kappa shape index (κ2) is 7.30. The highest BCUT2D eigenvalue weighted by atomic mass is 16.3. The minimum absolute atomic E-state index is 0.206. The second-order valence-corrected chi connectivity index (χ2v) is 4.08. The Morgan fingerprint density at radius 1 is 1.31 bits per heavy atom. The first-order chi connectivity index (χ1) is 6.07. The lowest BCUT2D eigenvalue weighted by atomic mass is 9.96. The van der Waals surface area contributed by atoms with E-state index in [4.69, 9.17) is 10.8 Å². The van der Waals surface area contributed by atoms with Gasteiger partial charge < -0.3 is 16.2 Å². The lowest BCUT2D eigenvalue weighted by Gasteiger charge is -2.19. The standard InChI is InChI=1S/C10H24N2O/c1-8(2)10(6-11)7-12-5-4-9(3)13/h8-10,12-13H,4-7,11H2,1-3H3. The summed E-state index contributed by atoms with van der Waals surface area (Å²) in [5.74, 6) is 1.18. The first-order valence-electron chi connectivity index (χ1n) is 5.16. The SMILES string of the molecule is CC(O)CCNCC(CN)C(C)C. The molecule has 2 unspecified atom stereocenters. The third-order valence-corrected chi connectivity index (χ3v) is 2.39. The number of rotatable bonds is 7. The first-order valence-corrected chi connectivity index (χ1v) is 5.16. The summed E-state index contributed by atoms with van der Waals surface area (Å²) in [4.78, 5) is 0. The zero-order valence-electron chi connectivity index (χ0n) is 9.09. The molecule has 0 bridgehead atoms. The van der Waals surface area contributed by atoms with Crippen LogP contribution in [0.2, 0.25) is 0 Å². The summed E-state index contributed by atoms with van der Waals surface area (Å²) in [7, 11) is 0. The maximum atomic E-state index is 9.02. The maximum Gasteiger partial charge on any atom is 0.0524 e. The number of hydrogen-bond donors (Lipinski definition) is 3. The molecule has 0 aromatic rings. The van der Waals surface area contributed by atoms with Crippen LogP contribution in [0, 0.1) is 11.8 Å². The Hall–Kier alpha value is -0.120. The lowest BCUT2D eigenvalue weighted by Crippen LogP contribution is -2.32. The van der Waals surface area contributed by atoms with Crippen molar-refractivity contribution in [3.63, 3.8) is 0 Å². The van der Waals surface area contributed by atoms with Crippen LogP contribution in [0.25, 0.3) is 0 Å². The zero-order valence-corrected chi connectivity index (χ0v) is 9.09. The van der Waals surface area contributed by atoms with Gasteiger partial charge in [-0.3, -0.25) is 0 Å². The fourth-order valence-corrected chi connectivity index (χ4v) is 1.19. The van der Waals surface area contributed by atoms with Crippen LogP contribution in [-0.2, 0) is 0 Å². The van der Waals surface area contributed by atoms with Crippen molar-refractivity contribution >= 4 is 0 Å². The van der Waals surface area contributed by atoms with Crippen LogP contribution in [0.4, 0.5) is 0 Å². The molecule has 0 radical (unpaired) electrons. The molecule has 0 saturated heterocycles. The Morgan fingerprint density at radius 3 is 2.31 bits per heavy atom. The summed E-state index contributed by atoms with van der Waals surface area (Å²) in [5.41, 5.74) is 5.63. The molecule has 0 rings (SSSR count). The van der Waals surface area contributed by atoms with Crippen LogP contribution in [0.5, 0.6) is 0 Å². The lowest BCUT2D eigenvalue weighted by molar-refractivity contribution is 0.182. The summed E-state index contributed by atoms with van der Waals surface area (Å²) >= 11 is 0. The highest BCUT2D eigenvalue weighted by Gasteiger charge is 2.10. The van der Waals surface area contributed by atoms with E-state index >= 15 is 0 Å². The molecule has 4 N–H and O–H groups in total. The van der Waals surface area contributed by atoms with Crippen LogP contribution in [0.1, 0.15) is 27.2 Å². The molecule has 0 aromatic heterocycles. The molecular formula is C10H24N2O. The van der Waals surface area contributed by atoms with Gasteiger partial charge in [0.15, 0.2) is 0 Å². The van der Waals surface area contributed by atoms with E-state index in [0.717, 1.165) is 26.1 Å². The van der Waals surface area contributed by atoms with Gasteiger partial charge in [0.05, 0.1) is 6.10 Å². The fraction of sp³-hybridized carbons (Fsp3) is 1.00. The summed E-state index contributed by atoms with van der Waals surface area (Å²) in [6.07, 6.45) is 0.609. The van der Waals surface area contributed by atoms with Crippen molar-refractivity contribution in [3.05, 3.63) is 0 Å². The largest absolute Gasteiger partial charge is 0.393 e. The quantitative estimate of drug-likeness (QED) is 0.512. The van der Waals surface area contributed by atoms with Gasteiger partial charge in [0.25, 0.3) is 0 Å². The van der Waals surface area contributed by atoms with E-state index in [9.17, 15) is 0 Å². The van der Waals surface area contributed by atoms with Gasteiger partial charge in [-0.05, 0) is 44.8 Å². The number of nitrogens with two attached hydrogens (primary N) is 1. The van der Waals surface area contributed by atoms with E-state index in [2.05, 4.69) is 19.2 Å². The van der Waals surface area contributed by atoms with Crippen LogP contribution < -0.4 is 11.1 Å². The number of nitrogens with one attached hydrogen (secondary N) is 1. The molecule has 0 aliphatic carbocycles. The molecule has 0 aromatic carbocycles. The van der Waals surface area contributed by atoms with Gasteiger partial charge in [-0.25, -0.2) is 0 Å². The number of aliphatic hydroxyl groups is 1. The van der Waals surface area contributed by atoms with E-state index in [0.29, 0.717) is 11.8 Å². The topological polar surface area (TPSA) is 58.3 Å². The smallest absolute Gasteiger partial charge is 0.0524 e. The molecular weight excluding hydrogens is 164 g/mol. The molecule has 13 heavy (non-hydrogen) atoms. The molecule has 3 heteroatoms. The molecule has 0 amide bonds. The molecule has 0 aliphatic heterocycles. The molecule has 0 spiro atoms. The first kappa shape index (κ1) is 12.9. The fourth-order valence-electron chi connectivity index (χ4n) is 1.19. The third kappa shape index (κ3) is 6.99. The summed E-state index contributed by atoms with van der Waals surface area (Å²) in [6, 6.07) is 0. The summed E-state index contributed by atoms with van der Waals surface area (Å²) < 4.78 is 0. The van der Waals surface area contributed by atoms with Crippen LogP contribution in [-0.4, -0.2) is 30.8 Å². The predicted molar refractivity (Wildman–Crippen MR) is 56.5 cm³/mol. The summed E-state index contributed by atoms with van der Waals surface area (Å²) in [6.45, 7) is 8.76. The molecule has 3 nitrogen and oxygen atoms in total. The maximum absolute atomic E-state index is 9.02. The van der Waals surface area contributed by atoms with Gasteiger partial charge in [0.1, 0.15) is 0 Å². The Kier molecular flexibility index (Phi) is 7.23. The Morgan fingerprint density at radius 2 is 1.92 bits per heavy atom. The molecule has 0 saturated carbocycles. The van der Waals surface area contributed by atoms with Gasteiger partial charge in [-0.2, -0.15) is 0 Å². The van der Waals surface area contributed by atoms with Crippen molar-refractivity contribution < 1.29 is 5.11 Å². The monoisotopic (exact) mass is 188 g/mol. The minimum Gasteiger partial charge on any atom is -0.393 e. The van der Waals surface area contributed by atoms with E-state index in [1.165, 1.54) is 0 Å². The molecule has 0 heterocycles. The highest BCUT2D eigenvalue weighted by Crippen LogP contribution is 2.07. The van der Waals surface area contributed by atoms with E-state index in [1.54, 1.807) is 0 Å². The van der Waals surface area contributed by atoms with Gasteiger partial charge in [-0.15, -0.1) is 0 Å². The van der Waals surface area contributed by atoms with Crippen molar-refractivity contribution in [2.24, 2.45) is 17.6 Å². The van der Waals surface area contributed by atoms with Crippen LogP contribution >= 0.6 is 0 Å². The summed E-state index contributed by atoms with van der Waals surface area (Å²) in [5, 5.41) is 12.3. The Labute approximate surface area is 81.7 Å². The second-order valence-electron chi connectivity index (χ2n) is 4.08. The van der Waals surface area contributed by atoms with Crippen molar-refractivity contribution in [1.82, 2.24) is 5.32 Å². The van der Waals surface area contributed by atoms with Crippen molar-refractivity contribution in [2.45, 2.75) is 33.3 Å². The van der Waals surface area contributed by atoms with Gasteiger partial charge in [0, 0.05) is 0 Å². The van der Waals surface area contributed by atoms with E-state index < -0.39 is 0 Å². The van der Waals surface area contributed by atoms with Gasteiger partial charge >= 0.3 is 0 Å². The van der Waals surface area contributed by atoms with E-state index in [1.807, 2.05) is 6.92 Å². The number of hydrogen-bond acceptors (Lipinski definition) is 3. The third-order valence-electron chi connectivity index (χ3n) is 2.39. The number of aliphatic hydroxyl groups excluding tert-OH is 1. The Bertz CT molecular complexity index is 115. The average Bonchev–Trinajstić information content (AvgIpc) is 2.03. The normalized spacial score (nSPS) is 16.2. The highest BCUT2D eigenvalue weighted by molar-refractivity contribution is 4.66. The van der Waals surface area contributed by atoms with Crippen molar-refractivity contribution in [3.8, 4) is 0 Å². The molecule has 80 valence electrons. The molecule has 0 fully saturated rings. The minimum atomic E-state index is -0.206. The molecule has 2 atom stereocenters. The van der Waals surface area contributed by atoms with Crippen molar-refractivity contribution in [1.29, 1.82) is 0 Å². The molecule has 0 aliphatic rings. The van der Waals surface area contributed by atoms with Gasteiger partial charge in [-0.1, -0.05) is 13.8 Å². The Balaban J connectivity index is 3.39. The predicted octanol–water partition coefficient (Wildman–Crippen LogP) is 0.578. The van der Waals surface area contributed by atoms with Gasteiger partial charge in [0.2, 0.25) is 0 Å². The van der Waals surface area contributed by atoms with Crippen LogP contribution in [0.15, 0.2) is 0 Å².